The number of hydrogen-bond acceptors (Lipinski definition) is 3. The van der Waals surface area contributed by atoms with Gasteiger partial charge in [0.1, 0.15) is 0 Å². The predicted octanol–water partition coefficient (Wildman–Crippen LogP) is 2.66. The fraction of sp³-hybridized carbons (Fsp3) is 0.556. The van der Waals surface area contributed by atoms with E-state index < -0.39 is 0 Å². The number of benzene rings is 1. The Hall–Kier alpha value is -1.32. The molecular formula is C18H25N3. The Morgan fingerprint density at radius 1 is 1.38 bits per heavy atom. The van der Waals surface area contributed by atoms with Crippen LogP contribution in [0.25, 0.3) is 0 Å². The largest absolute Gasteiger partial charge is 0.382 e. The highest BCUT2D eigenvalue weighted by Crippen LogP contribution is 2.51. The number of fused-ring (bicyclic) bond motifs is 2. The number of nitrogens with one attached hydrogen (secondary N) is 1. The first kappa shape index (κ1) is 13.4. The van der Waals surface area contributed by atoms with Gasteiger partial charge in [0.05, 0.1) is 0 Å². The molecule has 0 aromatic heterocycles. The van der Waals surface area contributed by atoms with E-state index in [2.05, 4.69) is 41.9 Å². The molecule has 3 unspecified atom stereocenters. The van der Waals surface area contributed by atoms with E-state index in [1.54, 1.807) is 11.1 Å². The van der Waals surface area contributed by atoms with Crippen molar-refractivity contribution in [3.8, 4) is 0 Å². The fourth-order valence-electron chi connectivity index (χ4n) is 4.90. The van der Waals surface area contributed by atoms with Crippen molar-refractivity contribution in [2.45, 2.75) is 49.7 Å². The third kappa shape index (κ3) is 1.95. The number of nitrogens with two attached hydrogens (primary N) is 1. The van der Waals surface area contributed by atoms with Crippen LogP contribution in [0.4, 0.5) is 5.69 Å². The van der Waals surface area contributed by atoms with Crippen molar-refractivity contribution < 1.29 is 0 Å². The lowest BCUT2D eigenvalue weighted by Crippen LogP contribution is -2.54. The van der Waals surface area contributed by atoms with Gasteiger partial charge in [-0.2, -0.15) is 0 Å². The zero-order valence-electron chi connectivity index (χ0n) is 12.8. The van der Waals surface area contributed by atoms with Crippen LogP contribution in [0.2, 0.25) is 0 Å². The predicted molar refractivity (Wildman–Crippen MR) is 87.8 cm³/mol. The fourth-order valence-corrected chi connectivity index (χ4v) is 4.90. The summed E-state index contributed by atoms with van der Waals surface area (Å²) < 4.78 is 0. The monoisotopic (exact) mass is 283 g/mol. The number of likely N-dealkylation sites (tertiary alicyclic amines) is 1. The molecule has 3 heteroatoms. The second-order valence-electron chi connectivity index (χ2n) is 7.00. The van der Waals surface area contributed by atoms with Crippen LogP contribution in [0.5, 0.6) is 0 Å². The van der Waals surface area contributed by atoms with Crippen LogP contribution in [0.15, 0.2) is 30.9 Å². The summed E-state index contributed by atoms with van der Waals surface area (Å²) in [5.41, 5.74) is 10.8. The molecule has 1 aromatic rings. The average molecular weight is 283 g/mol. The molecule has 1 saturated heterocycles. The second-order valence-corrected chi connectivity index (χ2v) is 7.00. The third-order valence-corrected chi connectivity index (χ3v) is 5.72. The van der Waals surface area contributed by atoms with Gasteiger partial charge in [-0.25, -0.2) is 0 Å². The molecule has 1 aliphatic carbocycles. The molecule has 2 heterocycles. The van der Waals surface area contributed by atoms with Gasteiger partial charge in [-0.1, -0.05) is 18.2 Å². The normalized spacial score (nSPS) is 37.5. The number of nitrogens with zero attached hydrogens (tertiary/aromatic N) is 1. The first-order valence-corrected chi connectivity index (χ1v) is 8.19. The van der Waals surface area contributed by atoms with Crippen LogP contribution in [-0.2, 0) is 0 Å². The first-order chi connectivity index (χ1) is 10.2. The van der Waals surface area contributed by atoms with Gasteiger partial charge in [-0.05, 0) is 37.0 Å². The minimum absolute atomic E-state index is 0.283. The zero-order chi connectivity index (χ0) is 14.6. The molecule has 2 aliphatic heterocycles. The summed E-state index contributed by atoms with van der Waals surface area (Å²) in [6.07, 6.45) is 4.40. The lowest BCUT2D eigenvalue weighted by Gasteiger charge is -2.48. The Morgan fingerprint density at radius 2 is 2.24 bits per heavy atom. The number of hydrogen-bond donors (Lipinski definition) is 2. The topological polar surface area (TPSA) is 41.3 Å². The van der Waals surface area contributed by atoms with Crippen molar-refractivity contribution in [1.29, 1.82) is 0 Å². The van der Waals surface area contributed by atoms with Gasteiger partial charge in [0.15, 0.2) is 0 Å². The van der Waals surface area contributed by atoms with Gasteiger partial charge in [0.2, 0.25) is 0 Å². The molecule has 4 rings (SSSR count). The quantitative estimate of drug-likeness (QED) is 0.820. The van der Waals surface area contributed by atoms with Crippen LogP contribution in [-0.4, -0.2) is 36.1 Å². The first-order valence-electron chi connectivity index (χ1n) is 8.19. The third-order valence-electron chi connectivity index (χ3n) is 5.72. The van der Waals surface area contributed by atoms with Crippen LogP contribution in [0.1, 0.15) is 42.7 Å². The molecule has 0 saturated carbocycles. The highest BCUT2D eigenvalue weighted by atomic mass is 15.2. The Labute approximate surface area is 127 Å². The summed E-state index contributed by atoms with van der Waals surface area (Å²) in [4.78, 5) is 2.56. The van der Waals surface area contributed by atoms with E-state index in [1.165, 1.54) is 12.1 Å². The van der Waals surface area contributed by atoms with Crippen molar-refractivity contribution in [1.82, 2.24) is 4.90 Å². The molecule has 0 radical (unpaired) electrons. The van der Waals surface area contributed by atoms with Gasteiger partial charge in [0, 0.05) is 48.7 Å². The Kier molecular flexibility index (Phi) is 3.09. The maximum atomic E-state index is 6.34. The number of piperidine rings is 1. The molecule has 5 atom stereocenters. The number of rotatable bonds is 2. The van der Waals surface area contributed by atoms with Gasteiger partial charge in [-0.3, -0.25) is 4.90 Å². The van der Waals surface area contributed by atoms with E-state index in [1.807, 2.05) is 6.08 Å². The Morgan fingerprint density at radius 3 is 3.05 bits per heavy atom. The minimum Gasteiger partial charge on any atom is -0.382 e. The highest BCUT2D eigenvalue weighted by molar-refractivity contribution is 5.64. The molecule has 21 heavy (non-hydrogen) atoms. The van der Waals surface area contributed by atoms with Gasteiger partial charge in [0.25, 0.3) is 0 Å². The summed E-state index contributed by atoms with van der Waals surface area (Å²) >= 11 is 0. The lowest BCUT2D eigenvalue weighted by atomic mass is 9.68. The molecule has 0 spiro atoms. The highest BCUT2D eigenvalue weighted by Gasteiger charge is 2.45. The standard InChI is InChI=1S/C18H25N3/c1-3-7-21-10-12(19)8-15-13-5-4-6-16-18(13)14(9-17(15)21)11(2)20-16/h3-6,11-12,14-15,17,20H,1,7-10,19H2,2H3/t11?,12-,14?,15?,17+/m0/s1. The van der Waals surface area contributed by atoms with Gasteiger partial charge in [-0.15, -0.1) is 6.58 Å². The molecule has 1 aromatic carbocycles. The average Bonchev–Trinajstić information content (AvgIpc) is 2.78. The Balaban J connectivity index is 1.78. The van der Waals surface area contributed by atoms with E-state index in [0.717, 1.165) is 19.5 Å². The summed E-state index contributed by atoms with van der Waals surface area (Å²) in [5.74, 6) is 1.24. The molecule has 112 valence electrons. The minimum atomic E-state index is 0.283. The summed E-state index contributed by atoms with van der Waals surface area (Å²) in [6.45, 7) is 8.22. The number of anilines is 1. The smallest absolute Gasteiger partial charge is 0.0381 e. The maximum absolute atomic E-state index is 6.34. The second kappa shape index (κ2) is 4.85. The van der Waals surface area contributed by atoms with Crippen LogP contribution < -0.4 is 11.1 Å². The summed E-state index contributed by atoms with van der Waals surface area (Å²) in [6, 6.07) is 8.23. The molecule has 0 bridgehead atoms. The lowest BCUT2D eigenvalue weighted by molar-refractivity contribution is 0.104. The van der Waals surface area contributed by atoms with E-state index >= 15 is 0 Å². The molecule has 0 amide bonds. The zero-order valence-corrected chi connectivity index (χ0v) is 12.8. The van der Waals surface area contributed by atoms with Crippen molar-refractivity contribution in [3.05, 3.63) is 42.0 Å². The SMILES string of the molecule is C=CCN1C[C@@H](N)CC2c3cccc4c3C(C[C@H]21)C(C)N4. The summed E-state index contributed by atoms with van der Waals surface area (Å²) in [7, 11) is 0. The molecule has 1 fully saturated rings. The summed E-state index contributed by atoms with van der Waals surface area (Å²) in [5, 5.41) is 3.68. The van der Waals surface area contributed by atoms with E-state index in [4.69, 9.17) is 5.73 Å². The van der Waals surface area contributed by atoms with Crippen LogP contribution >= 0.6 is 0 Å². The Bertz CT molecular complexity index is 568. The maximum Gasteiger partial charge on any atom is 0.0381 e. The van der Waals surface area contributed by atoms with Gasteiger partial charge >= 0.3 is 0 Å². The van der Waals surface area contributed by atoms with E-state index in [0.29, 0.717) is 23.9 Å². The van der Waals surface area contributed by atoms with Crippen molar-refractivity contribution >= 4 is 5.69 Å². The van der Waals surface area contributed by atoms with Gasteiger partial charge < -0.3 is 11.1 Å². The molecular weight excluding hydrogens is 258 g/mol. The van der Waals surface area contributed by atoms with Crippen molar-refractivity contribution in [2.24, 2.45) is 5.73 Å². The van der Waals surface area contributed by atoms with Crippen LogP contribution in [0, 0.1) is 0 Å². The van der Waals surface area contributed by atoms with Crippen molar-refractivity contribution in [3.63, 3.8) is 0 Å². The van der Waals surface area contributed by atoms with Crippen molar-refractivity contribution in [2.75, 3.05) is 18.4 Å². The van der Waals surface area contributed by atoms with E-state index in [-0.39, 0.29) is 6.04 Å². The molecule has 3 N–H and O–H groups in total. The van der Waals surface area contributed by atoms with Crippen LogP contribution in [0.3, 0.4) is 0 Å². The molecule has 3 nitrogen and oxygen atoms in total. The van der Waals surface area contributed by atoms with E-state index in [9.17, 15) is 0 Å². The molecule has 3 aliphatic rings.